The van der Waals surface area contributed by atoms with Gasteiger partial charge in [-0.1, -0.05) is 147 Å². The molecule has 3 heteroatoms. The van der Waals surface area contributed by atoms with Crippen LogP contribution in [0.1, 0.15) is 25.0 Å². The van der Waals surface area contributed by atoms with Crippen LogP contribution < -0.4 is 4.90 Å². The number of pyridine rings is 1. The highest BCUT2D eigenvalue weighted by Crippen LogP contribution is 2.53. The Labute approximate surface area is 301 Å². The van der Waals surface area contributed by atoms with E-state index in [0.29, 0.717) is 0 Å². The monoisotopic (exact) mass is 670 g/mol. The lowest BCUT2D eigenvalue weighted by Gasteiger charge is -2.29. The molecule has 0 aliphatic heterocycles. The number of benzene rings is 7. The van der Waals surface area contributed by atoms with E-state index < -0.39 is 0 Å². The van der Waals surface area contributed by atoms with Gasteiger partial charge in [0.2, 0.25) is 0 Å². The molecule has 0 fully saturated rings. The largest absolute Gasteiger partial charge is 0.294 e. The predicted octanol–water partition coefficient (Wildman–Crippen LogP) is 13.7. The lowest BCUT2D eigenvalue weighted by molar-refractivity contribution is 0.660. The fraction of sp³-hybridized carbons (Fsp3) is 0.0625. The van der Waals surface area contributed by atoms with Crippen LogP contribution in [0.15, 0.2) is 170 Å². The molecule has 2 nitrogen and oxygen atoms in total. The maximum atomic E-state index is 5.54. The highest BCUT2D eigenvalue weighted by Gasteiger charge is 2.37. The normalized spacial score (nSPS) is 13.1. The predicted molar refractivity (Wildman–Crippen MR) is 218 cm³/mol. The summed E-state index contributed by atoms with van der Waals surface area (Å²) in [4.78, 5) is 7.91. The maximum absolute atomic E-state index is 5.54. The van der Waals surface area contributed by atoms with Crippen molar-refractivity contribution in [3.05, 3.63) is 181 Å². The summed E-state index contributed by atoms with van der Waals surface area (Å²) >= 11 is 1.83. The molecule has 2 heterocycles. The van der Waals surface area contributed by atoms with Crippen molar-refractivity contribution < 1.29 is 0 Å². The summed E-state index contributed by atoms with van der Waals surface area (Å²) in [5.74, 6) is 0.894. The van der Waals surface area contributed by atoms with Crippen molar-refractivity contribution in [3.63, 3.8) is 0 Å². The molecule has 0 atom stereocenters. The molecule has 0 saturated carbocycles. The molecular formula is C48H34N2S. The minimum atomic E-state index is -0.119. The second kappa shape index (κ2) is 11.5. The van der Waals surface area contributed by atoms with E-state index in [9.17, 15) is 0 Å². The van der Waals surface area contributed by atoms with E-state index in [1.807, 2.05) is 11.3 Å². The third-order valence-corrected chi connectivity index (χ3v) is 11.9. The van der Waals surface area contributed by atoms with E-state index in [1.54, 1.807) is 0 Å². The molecule has 51 heavy (non-hydrogen) atoms. The number of anilines is 3. The number of hydrogen-bond donors (Lipinski definition) is 0. The van der Waals surface area contributed by atoms with Crippen molar-refractivity contribution in [3.8, 4) is 33.4 Å². The van der Waals surface area contributed by atoms with Crippen LogP contribution in [0.3, 0.4) is 0 Å². The Hall–Kier alpha value is -6.03. The molecule has 0 unspecified atom stereocenters. The zero-order valence-electron chi connectivity index (χ0n) is 28.5. The van der Waals surface area contributed by atoms with Gasteiger partial charge in [0, 0.05) is 26.8 Å². The van der Waals surface area contributed by atoms with Gasteiger partial charge in [-0.25, -0.2) is 4.98 Å². The lowest BCUT2D eigenvalue weighted by Crippen LogP contribution is -2.16. The molecule has 1 aliphatic carbocycles. The number of fused-ring (bicyclic) bond motifs is 8. The summed E-state index contributed by atoms with van der Waals surface area (Å²) in [6.45, 7) is 4.71. The van der Waals surface area contributed by atoms with E-state index in [0.717, 1.165) is 22.7 Å². The minimum absolute atomic E-state index is 0.119. The third kappa shape index (κ3) is 4.73. The molecule has 2 aromatic heterocycles. The average Bonchev–Trinajstić information content (AvgIpc) is 3.67. The average molecular weight is 671 g/mol. The Morgan fingerprint density at radius 3 is 2.00 bits per heavy atom. The van der Waals surface area contributed by atoms with Crippen LogP contribution in [0, 0.1) is 0 Å². The second-order valence-electron chi connectivity index (χ2n) is 14.0. The highest BCUT2D eigenvalue weighted by molar-refractivity contribution is 7.26. The first-order valence-corrected chi connectivity index (χ1v) is 18.4. The topological polar surface area (TPSA) is 16.1 Å². The molecule has 0 radical (unpaired) electrons. The number of aromatic nitrogens is 1. The van der Waals surface area contributed by atoms with Crippen LogP contribution in [0.25, 0.3) is 64.5 Å². The van der Waals surface area contributed by atoms with Gasteiger partial charge in [-0.3, -0.25) is 4.90 Å². The van der Waals surface area contributed by atoms with Gasteiger partial charge in [-0.2, -0.15) is 0 Å². The van der Waals surface area contributed by atoms with E-state index in [1.165, 1.54) is 70.1 Å². The van der Waals surface area contributed by atoms with Crippen molar-refractivity contribution >= 4 is 59.6 Å². The van der Waals surface area contributed by atoms with Crippen LogP contribution in [-0.2, 0) is 5.41 Å². The third-order valence-electron chi connectivity index (χ3n) is 10.7. The van der Waals surface area contributed by atoms with Crippen LogP contribution >= 0.6 is 11.3 Å². The van der Waals surface area contributed by atoms with Gasteiger partial charge < -0.3 is 0 Å². The minimum Gasteiger partial charge on any atom is -0.294 e. The van der Waals surface area contributed by atoms with Gasteiger partial charge >= 0.3 is 0 Å². The smallest absolute Gasteiger partial charge is 0.138 e. The summed E-state index contributed by atoms with van der Waals surface area (Å²) in [6, 6.07) is 61.7. The standard InChI is InChI=1S/C48H34N2S/c1-48(2)41-20-12-11-19-37(41)40-30-43(39(29-42(40)48)33-15-7-4-8-16-33)50(35-24-21-32(22-25-35)31-13-5-3-6-14-31)45-28-27-44-46(49-45)38-26-23-34-17-9-10-18-36(34)47(38)51-44/h3-30H,1-2H3. The first-order chi connectivity index (χ1) is 25.0. The van der Waals surface area contributed by atoms with E-state index >= 15 is 0 Å². The zero-order chi connectivity index (χ0) is 34.1. The fourth-order valence-corrected chi connectivity index (χ4v) is 9.26. The van der Waals surface area contributed by atoms with Crippen LogP contribution in [-0.4, -0.2) is 4.98 Å². The molecule has 242 valence electrons. The van der Waals surface area contributed by atoms with Crippen molar-refractivity contribution in [2.75, 3.05) is 4.90 Å². The Morgan fingerprint density at radius 1 is 0.510 bits per heavy atom. The van der Waals surface area contributed by atoms with Gasteiger partial charge in [0.25, 0.3) is 0 Å². The number of hydrogen-bond acceptors (Lipinski definition) is 3. The number of rotatable bonds is 5. The van der Waals surface area contributed by atoms with Gasteiger partial charge in [-0.15, -0.1) is 11.3 Å². The molecule has 0 spiro atoms. The lowest BCUT2D eigenvalue weighted by atomic mass is 9.81. The van der Waals surface area contributed by atoms with E-state index in [-0.39, 0.29) is 5.41 Å². The summed E-state index contributed by atoms with van der Waals surface area (Å²) < 4.78 is 2.48. The first-order valence-electron chi connectivity index (χ1n) is 17.5. The molecule has 0 amide bonds. The molecule has 0 N–H and O–H groups in total. The highest BCUT2D eigenvalue weighted by atomic mass is 32.1. The van der Waals surface area contributed by atoms with Gasteiger partial charge in [-0.05, 0) is 86.1 Å². The van der Waals surface area contributed by atoms with Crippen molar-refractivity contribution in [1.29, 1.82) is 0 Å². The van der Waals surface area contributed by atoms with Crippen molar-refractivity contribution in [2.24, 2.45) is 0 Å². The van der Waals surface area contributed by atoms with E-state index in [2.05, 4.69) is 189 Å². The maximum Gasteiger partial charge on any atom is 0.138 e. The molecular weight excluding hydrogens is 637 g/mol. The summed E-state index contributed by atoms with van der Waals surface area (Å²) in [7, 11) is 0. The fourth-order valence-electron chi connectivity index (χ4n) is 8.08. The number of nitrogens with zero attached hydrogens (tertiary/aromatic N) is 2. The molecule has 0 bridgehead atoms. The first kappa shape index (κ1) is 29.8. The Balaban J connectivity index is 1.25. The summed E-state index contributed by atoms with van der Waals surface area (Å²) in [5, 5.41) is 3.73. The van der Waals surface area contributed by atoms with Gasteiger partial charge in [0.15, 0.2) is 0 Å². The van der Waals surface area contributed by atoms with Gasteiger partial charge in [0.1, 0.15) is 5.82 Å². The van der Waals surface area contributed by atoms with Crippen molar-refractivity contribution in [1.82, 2.24) is 4.98 Å². The Morgan fingerprint density at radius 2 is 1.20 bits per heavy atom. The molecule has 9 aromatic rings. The van der Waals surface area contributed by atoms with E-state index in [4.69, 9.17) is 4.98 Å². The molecule has 10 rings (SSSR count). The van der Waals surface area contributed by atoms with Crippen molar-refractivity contribution in [2.45, 2.75) is 19.3 Å². The summed E-state index contributed by atoms with van der Waals surface area (Å²) in [6.07, 6.45) is 0. The van der Waals surface area contributed by atoms with Crippen LogP contribution in [0.4, 0.5) is 17.2 Å². The zero-order valence-corrected chi connectivity index (χ0v) is 29.3. The van der Waals surface area contributed by atoms with Gasteiger partial charge in [0.05, 0.1) is 15.9 Å². The Kier molecular flexibility index (Phi) is 6.74. The quantitative estimate of drug-likeness (QED) is 0.181. The van der Waals surface area contributed by atoms with Crippen LogP contribution in [0.5, 0.6) is 0 Å². The second-order valence-corrected chi connectivity index (χ2v) is 15.0. The molecule has 1 aliphatic rings. The molecule has 7 aromatic carbocycles. The Bertz CT molecular complexity index is 2760. The number of thiophene rings is 1. The molecule has 0 saturated heterocycles. The summed E-state index contributed by atoms with van der Waals surface area (Å²) in [5.41, 5.74) is 13.2. The van der Waals surface area contributed by atoms with Crippen LogP contribution in [0.2, 0.25) is 0 Å². The SMILES string of the molecule is CC1(C)c2ccccc2-c2cc(N(c3ccc(-c4ccccc4)cc3)c3ccc4sc5c6ccccc6ccc5c4n3)c(-c3ccccc3)cc21.